The van der Waals surface area contributed by atoms with Crippen LogP contribution in [-0.4, -0.2) is 67.3 Å². The van der Waals surface area contributed by atoms with Crippen molar-refractivity contribution in [2.75, 3.05) is 35.8 Å². The predicted molar refractivity (Wildman–Crippen MR) is 149 cm³/mol. The molecule has 0 saturated carbocycles. The molecule has 0 N–H and O–H groups in total. The summed E-state index contributed by atoms with van der Waals surface area (Å²) < 4.78 is 29.1. The number of benzene rings is 2. The Balaban J connectivity index is 1.60. The lowest BCUT2D eigenvalue weighted by atomic mass is 10.1. The number of aliphatic imine (C=N–C) groups is 1. The van der Waals surface area contributed by atoms with Gasteiger partial charge in [-0.05, 0) is 74.2 Å². The summed E-state index contributed by atoms with van der Waals surface area (Å²) in [7, 11) is -1.52. The van der Waals surface area contributed by atoms with Crippen molar-refractivity contribution in [2.24, 2.45) is 4.99 Å². The molecule has 1 fully saturated rings. The summed E-state index contributed by atoms with van der Waals surface area (Å²) in [6.07, 6.45) is 2.17. The van der Waals surface area contributed by atoms with Gasteiger partial charge in [0.15, 0.2) is 15.0 Å². The average Bonchev–Trinajstić information content (AvgIpc) is 3.36. The van der Waals surface area contributed by atoms with Gasteiger partial charge in [-0.25, -0.2) is 13.4 Å². The van der Waals surface area contributed by atoms with E-state index in [1.807, 2.05) is 63.2 Å². The zero-order valence-corrected chi connectivity index (χ0v) is 23.1. The van der Waals surface area contributed by atoms with Gasteiger partial charge in [-0.15, -0.1) is 0 Å². The van der Waals surface area contributed by atoms with Crippen molar-refractivity contribution in [1.82, 2.24) is 4.90 Å². The first-order valence-corrected chi connectivity index (χ1v) is 14.9. The second kappa shape index (κ2) is 11.1. The average molecular weight is 542 g/mol. The molecule has 2 heterocycles. The van der Waals surface area contributed by atoms with Crippen LogP contribution in [0.3, 0.4) is 0 Å². The minimum absolute atomic E-state index is 0.000119. The van der Waals surface area contributed by atoms with Gasteiger partial charge < -0.3 is 9.64 Å². The second-order valence-electron chi connectivity index (χ2n) is 9.21. The van der Waals surface area contributed by atoms with Crippen LogP contribution < -0.4 is 9.64 Å². The lowest BCUT2D eigenvalue weighted by Crippen LogP contribution is -2.42. The van der Waals surface area contributed by atoms with Crippen LogP contribution in [0.4, 0.5) is 5.69 Å². The predicted octanol–water partition coefficient (Wildman–Crippen LogP) is 3.82. The summed E-state index contributed by atoms with van der Waals surface area (Å²) in [6.45, 7) is 6.21. The number of amides is 2. The summed E-state index contributed by atoms with van der Waals surface area (Å²) in [5.41, 5.74) is 3.78. The molecule has 1 atom stereocenters. The maximum Gasteiger partial charge on any atom is 0.283 e. The van der Waals surface area contributed by atoms with Gasteiger partial charge >= 0.3 is 0 Å². The number of hydrogen-bond acceptors (Lipinski definition) is 7. The molecule has 37 heavy (non-hydrogen) atoms. The maximum absolute atomic E-state index is 13.5. The van der Waals surface area contributed by atoms with Crippen LogP contribution >= 0.6 is 11.8 Å². The van der Waals surface area contributed by atoms with Gasteiger partial charge in [-0.2, -0.15) is 0 Å². The number of carbonyl (C=O) groups excluding carboxylic acids is 2. The monoisotopic (exact) mass is 541 g/mol. The van der Waals surface area contributed by atoms with Crippen molar-refractivity contribution in [3.8, 4) is 5.75 Å². The SMILES string of the molecule is CCN(C(=O)CSC1=N/C(=C\c2ccc(OC)cc2)C(=O)N1c1cc(C)cc(C)c1)C1CCS(=O)(=O)C1. The molecule has 0 aromatic heterocycles. The Morgan fingerprint density at radius 2 is 1.86 bits per heavy atom. The summed E-state index contributed by atoms with van der Waals surface area (Å²) in [5, 5.41) is 0.415. The normalized spacial score (nSPS) is 19.8. The standard InChI is InChI=1S/C27H31N3O5S2/c1-5-29(21-10-11-37(33,34)17-21)25(31)16-36-27-28-24(15-20-6-8-23(35-4)9-7-20)26(32)30(27)22-13-18(2)12-19(3)14-22/h6-9,12-15,21H,5,10-11,16-17H2,1-4H3/b24-15-. The molecule has 0 bridgehead atoms. The minimum atomic E-state index is -3.11. The number of ether oxygens (including phenoxy) is 1. The van der Waals surface area contributed by atoms with E-state index in [2.05, 4.69) is 4.99 Å². The van der Waals surface area contributed by atoms with Gasteiger partial charge in [0.25, 0.3) is 5.91 Å². The van der Waals surface area contributed by atoms with Crippen LogP contribution in [0.5, 0.6) is 5.75 Å². The first-order chi connectivity index (χ1) is 17.6. The number of rotatable bonds is 7. The van der Waals surface area contributed by atoms with Gasteiger partial charge in [0.1, 0.15) is 11.4 Å². The summed E-state index contributed by atoms with van der Waals surface area (Å²) in [6, 6.07) is 12.9. The Kier molecular flexibility index (Phi) is 8.08. The van der Waals surface area contributed by atoms with Crippen LogP contribution in [-0.2, 0) is 19.4 Å². The Hall–Kier alpha value is -3.11. The largest absolute Gasteiger partial charge is 0.497 e. The third-order valence-electron chi connectivity index (χ3n) is 6.35. The van der Waals surface area contributed by atoms with E-state index in [-0.39, 0.29) is 40.8 Å². The summed E-state index contributed by atoms with van der Waals surface area (Å²) >= 11 is 1.19. The molecule has 2 amide bonds. The molecule has 10 heteroatoms. The van der Waals surface area contributed by atoms with Crippen molar-refractivity contribution in [3.05, 3.63) is 64.9 Å². The molecular weight excluding hydrogens is 510 g/mol. The number of anilines is 1. The molecule has 0 spiro atoms. The highest BCUT2D eigenvalue weighted by Gasteiger charge is 2.36. The van der Waals surface area contributed by atoms with Crippen LogP contribution in [0.15, 0.2) is 53.2 Å². The first-order valence-electron chi connectivity index (χ1n) is 12.1. The Labute approximate surface area is 222 Å². The zero-order valence-electron chi connectivity index (χ0n) is 21.4. The molecule has 0 aliphatic carbocycles. The zero-order chi connectivity index (χ0) is 26.7. The third-order valence-corrected chi connectivity index (χ3v) is 9.02. The van der Waals surface area contributed by atoms with Gasteiger partial charge in [-0.3, -0.25) is 14.5 Å². The van der Waals surface area contributed by atoms with Crippen molar-refractivity contribution < 1.29 is 22.7 Å². The highest BCUT2D eigenvalue weighted by Crippen LogP contribution is 2.31. The van der Waals surface area contributed by atoms with Crippen LogP contribution in [0.1, 0.15) is 30.0 Å². The number of nitrogens with zero attached hydrogens (tertiary/aromatic N) is 3. The van der Waals surface area contributed by atoms with E-state index in [9.17, 15) is 18.0 Å². The third kappa shape index (κ3) is 6.24. The van der Waals surface area contributed by atoms with Crippen molar-refractivity contribution in [1.29, 1.82) is 0 Å². The highest BCUT2D eigenvalue weighted by atomic mass is 32.2. The lowest BCUT2D eigenvalue weighted by Gasteiger charge is -2.27. The number of sulfone groups is 1. The van der Waals surface area contributed by atoms with E-state index in [0.29, 0.717) is 29.6 Å². The molecule has 4 rings (SSSR count). The van der Waals surface area contributed by atoms with E-state index in [4.69, 9.17) is 4.74 Å². The fraction of sp³-hybridized carbons (Fsp3) is 0.370. The van der Waals surface area contributed by atoms with Gasteiger partial charge in [0.2, 0.25) is 5.91 Å². The van der Waals surface area contributed by atoms with Crippen LogP contribution in [0.25, 0.3) is 6.08 Å². The first kappa shape index (κ1) is 26.9. The number of hydrogen-bond donors (Lipinski definition) is 0. The molecule has 2 aliphatic heterocycles. The number of thioether (sulfide) groups is 1. The highest BCUT2D eigenvalue weighted by molar-refractivity contribution is 8.14. The molecule has 1 unspecified atom stereocenters. The van der Waals surface area contributed by atoms with Crippen LogP contribution in [0, 0.1) is 13.8 Å². The van der Waals surface area contributed by atoms with E-state index < -0.39 is 9.84 Å². The fourth-order valence-electron chi connectivity index (χ4n) is 4.63. The minimum Gasteiger partial charge on any atom is -0.497 e. The molecule has 1 saturated heterocycles. The number of aryl methyl sites for hydroxylation is 2. The van der Waals surface area contributed by atoms with Crippen molar-refractivity contribution >= 4 is 50.3 Å². The fourth-order valence-corrected chi connectivity index (χ4v) is 7.26. The molecule has 196 valence electrons. The number of methoxy groups -OCH3 is 1. The Morgan fingerprint density at radius 1 is 1.19 bits per heavy atom. The van der Waals surface area contributed by atoms with Crippen LogP contribution in [0.2, 0.25) is 0 Å². The maximum atomic E-state index is 13.5. The Morgan fingerprint density at radius 3 is 2.43 bits per heavy atom. The number of carbonyl (C=O) groups is 2. The van der Waals surface area contributed by atoms with E-state index in [1.165, 1.54) is 11.8 Å². The van der Waals surface area contributed by atoms with Gasteiger partial charge in [-0.1, -0.05) is 30.0 Å². The molecule has 0 radical (unpaired) electrons. The number of amidine groups is 1. The van der Waals surface area contributed by atoms with Gasteiger partial charge in [0, 0.05) is 12.6 Å². The second-order valence-corrected chi connectivity index (χ2v) is 12.4. The molecule has 2 aliphatic rings. The quantitative estimate of drug-likeness (QED) is 0.495. The van der Waals surface area contributed by atoms with E-state index >= 15 is 0 Å². The molecular formula is C27H31N3O5S2. The topological polar surface area (TPSA) is 96.3 Å². The molecule has 2 aromatic rings. The lowest BCUT2D eigenvalue weighted by molar-refractivity contribution is -0.129. The summed E-state index contributed by atoms with van der Waals surface area (Å²) in [5.74, 6) is 0.428. The van der Waals surface area contributed by atoms with E-state index in [1.54, 1.807) is 23.0 Å². The summed E-state index contributed by atoms with van der Waals surface area (Å²) in [4.78, 5) is 34.4. The Bertz CT molecular complexity index is 1350. The molecule has 8 nitrogen and oxygen atoms in total. The van der Waals surface area contributed by atoms with Crippen molar-refractivity contribution in [2.45, 2.75) is 33.2 Å². The molecule has 2 aromatic carbocycles. The van der Waals surface area contributed by atoms with Gasteiger partial charge in [0.05, 0.1) is 30.1 Å². The van der Waals surface area contributed by atoms with E-state index in [0.717, 1.165) is 16.7 Å². The smallest absolute Gasteiger partial charge is 0.283 e. The van der Waals surface area contributed by atoms with Crippen molar-refractivity contribution in [3.63, 3.8) is 0 Å².